The van der Waals surface area contributed by atoms with Gasteiger partial charge in [-0.15, -0.1) is 11.3 Å². The van der Waals surface area contributed by atoms with Crippen LogP contribution in [0, 0.1) is 5.92 Å². The van der Waals surface area contributed by atoms with E-state index >= 15 is 0 Å². The summed E-state index contributed by atoms with van der Waals surface area (Å²) >= 11 is 1.47. The number of thiophene rings is 1. The lowest BCUT2D eigenvalue weighted by Crippen LogP contribution is -2.44. The second-order valence-corrected chi connectivity index (χ2v) is 10.4. The van der Waals surface area contributed by atoms with Gasteiger partial charge in [0.05, 0.1) is 0 Å². The second kappa shape index (κ2) is 12.9. The third-order valence-electron chi connectivity index (χ3n) is 5.74. The van der Waals surface area contributed by atoms with Crippen molar-refractivity contribution in [3.63, 3.8) is 0 Å². The molecule has 200 valence electrons. The summed E-state index contributed by atoms with van der Waals surface area (Å²) in [5.74, 6) is 0.205. The van der Waals surface area contributed by atoms with Gasteiger partial charge in [-0.1, -0.05) is 32.0 Å². The predicted molar refractivity (Wildman–Crippen MR) is 153 cm³/mol. The third-order valence-corrected chi connectivity index (χ3v) is 6.82. The number of carbonyl (C=O) groups excluding carboxylic acids is 3. The van der Waals surface area contributed by atoms with Gasteiger partial charge in [0, 0.05) is 26.9 Å². The number of carbonyl (C=O) groups is 3. The number of hydrogen-bond acceptors (Lipinski definition) is 6. The molecule has 0 fully saturated rings. The van der Waals surface area contributed by atoms with Crippen molar-refractivity contribution in [1.29, 1.82) is 0 Å². The molecule has 9 heteroatoms. The molecule has 1 atom stereocenters. The average molecular weight is 544 g/mol. The molecular formula is C30H29N3O5S. The second-order valence-electron chi connectivity index (χ2n) is 9.30. The van der Waals surface area contributed by atoms with E-state index in [1.54, 1.807) is 41.9 Å². The summed E-state index contributed by atoms with van der Waals surface area (Å²) in [7, 11) is 0. The Balaban J connectivity index is 1.42. The van der Waals surface area contributed by atoms with Crippen molar-refractivity contribution < 1.29 is 24.3 Å². The molecule has 39 heavy (non-hydrogen) atoms. The van der Waals surface area contributed by atoms with E-state index in [1.165, 1.54) is 17.4 Å². The third kappa shape index (κ3) is 7.76. The van der Waals surface area contributed by atoms with E-state index in [4.69, 9.17) is 9.94 Å². The Morgan fingerprint density at radius 3 is 2.36 bits per heavy atom. The normalized spacial score (nSPS) is 11.9. The van der Waals surface area contributed by atoms with Crippen molar-refractivity contribution in [1.82, 2.24) is 10.8 Å². The van der Waals surface area contributed by atoms with Crippen molar-refractivity contribution in [3.05, 3.63) is 95.4 Å². The molecule has 0 saturated carbocycles. The number of fused-ring (bicyclic) bond motifs is 1. The molecule has 0 bridgehead atoms. The van der Waals surface area contributed by atoms with Gasteiger partial charge in [-0.3, -0.25) is 19.6 Å². The molecule has 0 radical (unpaired) electrons. The van der Waals surface area contributed by atoms with Crippen molar-refractivity contribution in [2.45, 2.75) is 26.3 Å². The van der Waals surface area contributed by atoms with Gasteiger partial charge in [0.2, 0.25) is 5.91 Å². The molecule has 0 aliphatic heterocycles. The van der Waals surface area contributed by atoms with E-state index in [0.717, 1.165) is 15.0 Å². The summed E-state index contributed by atoms with van der Waals surface area (Å²) in [4.78, 5) is 38.3. The smallest absolute Gasteiger partial charge is 0.267 e. The van der Waals surface area contributed by atoms with Crippen molar-refractivity contribution in [2.24, 2.45) is 5.92 Å². The van der Waals surface area contributed by atoms with Crippen LogP contribution in [0.4, 0.5) is 5.69 Å². The lowest BCUT2D eigenvalue weighted by Gasteiger charge is -2.20. The van der Waals surface area contributed by atoms with Crippen LogP contribution in [0.1, 0.15) is 35.5 Å². The number of nitrogens with one attached hydrogen (secondary N) is 3. The first-order valence-corrected chi connectivity index (χ1v) is 13.2. The van der Waals surface area contributed by atoms with E-state index in [1.807, 2.05) is 62.4 Å². The van der Waals surface area contributed by atoms with E-state index in [9.17, 15) is 14.4 Å². The highest BCUT2D eigenvalue weighted by molar-refractivity contribution is 7.19. The first-order valence-electron chi connectivity index (χ1n) is 12.4. The minimum atomic E-state index is -0.730. The Labute approximate surface area is 230 Å². The molecule has 4 N–H and O–H groups in total. The van der Waals surface area contributed by atoms with Gasteiger partial charge < -0.3 is 15.4 Å². The zero-order valence-corrected chi connectivity index (χ0v) is 22.3. The lowest BCUT2D eigenvalue weighted by molar-refractivity contribution is -0.124. The summed E-state index contributed by atoms with van der Waals surface area (Å²) in [5.41, 5.74) is 2.57. The van der Waals surface area contributed by atoms with Crippen LogP contribution in [0.3, 0.4) is 0 Å². The first-order chi connectivity index (χ1) is 18.8. The quantitative estimate of drug-likeness (QED) is 0.111. The zero-order chi connectivity index (χ0) is 27.8. The number of anilines is 1. The fourth-order valence-electron chi connectivity index (χ4n) is 3.89. The van der Waals surface area contributed by atoms with Crippen LogP contribution in [0.25, 0.3) is 16.2 Å². The molecule has 0 saturated heterocycles. The Hall–Kier alpha value is -4.47. The monoisotopic (exact) mass is 543 g/mol. The molecule has 0 aliphatic rings. The van der Waals surface area contributed by atoms with Gasteiger partial charge in [0.25, 0.3) is 11.8 Å². The number of hydrogen-bond donors (Lipinski definition) is 4. The van der Waals surface area contributed by atoms with Crippen molar-refractivity contribution >= 4 is 50.9 Å². The molecule has 4 rings (SSSR count). The fraction of sp³-hybridized carbons (Fsp3) is 0.167. The molecule has 3 amide bonds. The number of amides is 3. The predicted octanol–water partition coefficient (Wildman–Crippen LogP) is 6.00. The minimum absolute atomic E-state index is 0.174. The summed E-state index contributed by atoms with van der Waals surface area (Å²) in [6.45, 7) is 3.98. The van der Waals surface area contributed by atoms with Gasteiger partial charge in [0.15, 0.2) is 0 Å². The van der Waals surface area contributed by atoms with Gasteiger partial charge in [-0.2, -0.15) is 0 Å². The lowest BCUT2D eigenvalue weighted by atomic mass is 10.0. The molecule has 8 nitrogen and oxygen atoms in total. The Kier molecular flexibility index (Phi) is 9.09. The van der Waals surface area contributed by atoms with E-state index in [0.29, 0.717) is 29.2 Å². The Bertz CT molecular complexity index is 1480. The maximum atomic E-state index is 13.2. The van der Waals surface area contributed by atoms with Crippen LogP contribution in [0.2, 0.25) is 0 Å². The molecule has 1 aromatic heterocycles. The van der Waals surface area contributed by atoms with Crippen LogP contribution in [-0.2, 0) is 9.59 Å². The van der Waals surface area contributed by atoms with Gasteiger partial charge >= 0.3 is 0 Å². The minimum Gasteiger partial charge on any atom is -0.457 e. The number of benzene rings is 3. The highest BCUT2D eigenvalue weighted by atomic mass is 32.1. The standard InChI is InChI=1S/C30H29N3O5S/c1-19(2)16-26(32-29(35)20-8-11-24(12-9-20)38-23-6-4-3-5-7-23)30(36)31-22-10-14-27-21(17-22)18-25(39-27)13-15-28(34)33-37/h3-15,17-19,26,37H,16H2,1-2H3,(H,31,36)(H,32,35)(H,33,34)/b15-13+. The summed E-state index contributed by atoms with van der Waals surface area (Å²) < 4.78 is 6.76. The molecule has 0 aliphatic carbocycles. The van der Waals surface area contributed by atoms with E-state index < -0.39 is 11.9 Å². The largest absolute Gasteiger partial charge is 0.457 e. The highest BCUT2D eigenvalue weighted by Gasteiger charge is 2.23. The van der Waals surface area contributed by atoms with Crippen molar-refractivity contribution in [2.75, 3.05) is 5.32 Å². The van der Waals surface area contributed by atoms with Gasteiger partial charge in [0.1, 0.15) is 17.5 Å². The summed E-state index contributed by atoms with van der Waals surface area (Å²) in [6.07, 6.45) is 3.30. The SMILES string of the molecule is CC(C)CC(NC(=O)c1ccc(Oc2ccccc2)cc1)C(=O)Nc1ccc2sc(/C=C/C(=O)NO)cc2c1. The van der Waals surface area contributed by atoms with Crippen LogP contribution in [0.5, 0.6) is 11.5 Å². The highest BCUT2D eigenvalue weighted by Crippen LogP contribution is 2.29. The van der Waals surface area contributed by atoms with Crippen LogP contribution >= 0.6 is 11.3 Å². The number of ether oxygens (including phenoxy) is 1. The number of hydroxylamine groups is 1. The topological polar surface area (TPSA) is 117 Å². The molecule has 3 aromatic carbocycles. The molecule has 0 spiro atoms. The molecule has 1 unspecified atom stereocenters. The maximum absolute atomic E-state index is 13.2. The van der Waals surface area contributed by atoms with E-state index in [-0.39, 0.29) is 17.7 Å². The van der Waals surface area contributed by atoms with Gasteiger partial charge in [-0.25, -0.2) is 5.48 Å². The first kappa shape index (κ1) is 27.6. The average Bonchev–Trinajstić information content (AvgIpc) is 3.34. The van der Waals surface area contributed by atoms with Crippen LogP contribution in [-0.4, -0.2) is 29.0 Å². The zero-order valence-electron chi connectivity index (χ0n) is 21.5. The summed E-state index contributed by atoms with van der Waals surface area (Å²) in [5, 5.41) is 15.3. The van der Waals surface area contributed by atoms with E-state index in [2.05, 4.69) is 10.6 Å². The fourth-order valence-corrected chi connectivity index (χ4v) is 4.84. The number of para-hydroxylation sites is 1. The van der Waals surface area contributed by atoms with Gasteiger partial charge in [-0.05, 0) is 84.5 Å². The summed E-state index contributed by atoms with van der Waals surface area (Å²) in [6, 6.07) is 22.8. The Morgan fingerprint density at radius 2 is 1.67 bits per heavy atom. The van der Waals surface area contributed by atoms with Crippen LogP contribution < -0.4 is 20.9 Å². The molecule has 4 aromatic rings. The van der Waals surface area contributed by atoms with Crippen LogP contribution in [0.15, 0.2) is 84.9 Å². The maximum Gasteiger partial charge on any atom is 0.267 e. The van der Waals surface area contributed by atoms with Crippen molar-refractivity contribution in [3.8, 4) is 11.5 Å². The molecular weight excluding hydrogens is 514 g/mol. The molecule has 1 heterocycles. The Morgan fingerprint density at radius 1 is 0.949 bits per heavy atom. The number of rotatable bonds is 10.